The molecule has 1 aromatic rings. The van der Waals surface area contributed by atoms with Crippen LogP contribution in [0.15, 0.2) is 16.9 Å². The summed E-state index contributed by atoms with van der Waals surface area (Å²) >= 11 is 5.26. The molecule has 1 rings (SSSR count). The molecular formula is C10H12ClNO2. The van der Waals surface area contributed by atoms with E-state index in [4.69, 9.17) is 11.6 Å². The number of carbonyl (C=O) groups is 1. The third-order valence-corrected chi connectivity index (χ3v) is 2.35. The van der Waals surface area contributed by atoms with Crippen LogP contribution in [0.5, 0.6) is 0 Å². The highest BCUT2D eigenvalue weighted by Gasteiger charge is 2.12. The van der Waals surface area contributed by atoms with Crippen LogP contribution in [0.1, 0.15) is 35.8 Å². The quantitative estimate of drug-likeness (QED) is 0.704. The zero-order valence-corrected chi connectivity index (χ0v) is 9.13. The van der Waals surface area contributed by atoms with Gasteiger partial charge in [0.25, 0.3) is 10.8 Å². The molecule has 0 saturated carbocycles. The summed E-state index contributed by atoms with van der Waals surface area (Å²) in [4.78, 5) is 22.4. The van der Waals surface area contributed by atoms with Crippen molar-refractivity contribution in [3.63, 3.8) is 0 Å². The maximum Gasteiger partial charge on any atom is 0.262 e. The van der Waals surface area contributed by atoms with E-state index in [0.717, 1.165) is 5.69 Å². The van der Waals surface area contributed by atoms with Crippen molar-refractivity contribution in [2.24, 2.45) is 7.05 Å². The average Bonchev–Trinajstić information content (AvgIpc) is 2.08. The fourth-order valence-electron chi connectivity index (χ4n) is 1.38. The Balaban J connectivity index is 3.42. The second-order valence-electron chi connectivity index (χ2n) is 3.46. The Labute approximate surface area is 87.3 Å². The minimum absolute atomic E-state index is 0.0265. The first-order chi connectivity index (χ1) is 6.45. The zero-order chi connectivity index (χ0) is 10.9. The van der Waals surface area contributed by atoms with E-state index in [9.17, 15) is 9.59 Å². The van der Waals surface area contributed by atoms with Gasteiger partial charge in [0, 0.05) is 12.7 Å². The highest BCUT2D eigenvalue weighted by Crippen LogP contribution is 2.12. The number of hydrogen-bond acceptors (Lipinski definition) is 2. The van der Waals surface area contributed by atoms with E-state index in [-0.39, 0.29) is 17.0 Å². The first-order valence-electron chi connectivity index (χ1n) is 4.35. The van der Waals surface area contributed by atoms with Crippen LogP contribution >= 0.6 is 11.6 Å². The van der Waals surface area contributed by atoms with E-state index < -0.39 is 5.24 Å². The molecule has 0 amide bonds. The topological polar surface area (TPSA) is 39.1 Å². The summed E-state index contributed by atoms with van der Waals surface area (Å²) in [7, 11) is 1.64. The van der Waals surface area contributed by atoms with Crippen LogP contribution in [0.4, 0.5) is 0 Å². The van der Waals surface area contributed by atoms with E-state index >= 15 is 0 Å². The Bertz CT molecular complexity index is 421. The van der Waals surface area contributed by atoms with Gasteiger partial charge >= 0.3 is 0 Å². The Morgan fingerprint density at radius 3 is 2.43 bits per heavy atom. The normalized spacial score (nSPS) is 10.6. The Morgan fingerprint density at radius 1 is 1.43 bits per heavy atom. The van der Waals surface area contributed by atoms with E-state index in [1.165, 1.54) is 10.6 Å². The van der Waals surface area contributed by atoms with Gasteiger partial charge in [0.2, 0.25) is 0 Å². The summed E-state index contributed by atoms with van der Waals surface area (Å²) < 4.78 is 1.46. The molecule has 0 aliphatic rings. The Hall–Kier alpha value is -1.09. The van der Waals surface area contributed by atoms with Gasteiger partial charge in [-0.3, -0.25) is 9.59 Å². The molecule has 0 unspecified atom stereocenters. The van der Waals surface area contributed by atoms with Crippen LogP contribution in [0.25, 0.3) is 0 Å². The zero-order valence-electron chi connectivity index (χ0n) is 8.37. The smallest absolute Gasteiger partial charge is 0.262 e. The number of halogens is 1. The fraction of sp³-hybridized carbons (Fsp3) is 0.400. The molecule has 3 nitrogen and oxygen atoms in total. The standard InChI is InChI=1S/C10H12ClNO2/c1-6(2)8-5-4-7(9(11)13)10(14)12(8)3/h4-6H,1-3H3. The highest BCUT2D eigenvalue weighted by molar-refractivity contribution is 6.67. The average molecular weight is 214 g/mol. The second kappa shape index (κ2) is 3.96. The van der Waals surface area contributed by atoms with Crippen molar-refractivity contribution in [2.75, 3.05) is 0 Å². The van der Waals surface area contributed by atoms with Crippen LogP contribution in [-0.4, -0.2) is 9.81 Å². The van der Waals surface area contributed by atoms with Crippen molar-refractivity contribution < 1.29 is 4.79 Å². The molecule has 4 heteroatoms. The van der Waals surface area contributed by atoms with Gasteiger partial charge in [0.15, 0.2) is 0 Å². The minimum atomic E-state index is -0.707. The molecule has 0 bridgehead atoms. The Kier molecular flexibility index (Phi) is 3.11. The molecule has 1 heterocycles. The van der Waals surface area contributed by atoms with Crippen molar-refractivity contribution >= 4 is 16.8 Å². The fourth-order valence-corrected chi connectivity index (χ4v) is 1.52. The van der Waals surface area contributed by atoms with Crippen molar-refractivity contribution in [1.29, 1.82) is 0 Å². The summed E-state index contributed by atoms with van der Waals surface area (Å²) in [6, 6.07) is 3.23. The van der Waals surface area contributed by atoms with Crippen molar-refractivity contribution in [1.82, 2.24) is 4.57 Å². The van der Waals surface area contributed by atoms with Gasteiger partial charge in [-0.2, -0.15) is 0 Å². The molecule has 0 radical (unpaired) electrons. The number of rotatable bonds is 2. The number of aromatic nitrogens is 1. The molecule has 76 valence electrons. The molecule has 0 fully saturated rings. The monoisotopic (exact) mass is 213 g/mol. The molecular weight excluding hydrogens is 202 g/mol. The third kappa shape index (κ3) is 1.87. The number of pyridine rings is 1. The van der Waals surface area contributed by atoms with Gasteiger partial charge in [0.05, 0.1) is 5.56 Å². The molecule has 0 aromatic carbocycles. The lowest BCUT2D eigenvalue weighted by molar-refractivity contribution is 0.107. The van der Waals surface area contributed by atoms with Crippen molar-refractivity contribution in [3.05, 3.63) is 33.7 Å². The lowest BCUT2D eigenvalue weighted by atomic mass is 10.1. The lowest BCUT2D eigenvalue weighted by Gasteiger charge is -2.11. The first kappa shape index (κ1) is 11.0. The van der Waals surface area contributed by atoms with Gasteiger partial charge < -0.3 is 4.57 Å². The predicted molar refractivity (Wildman–Crippen MR) is 56.0 cm³/mol. The number of hydrogen-bond donors (Lipinski definition) is 0. The van der Waals surface area contributed by atoms with E-state index in [1.54, 1.807) is 13.1 Å². The first-order valence-corrected chi connectivity index (χ1v) is 4.72. The summed E-state index contributed by atoms with van der Waals surface area (Å²) in [5.74, 6) is 0.243. The highest BCUT2D eigenvalue weighted by atomic mass is 35.5. The molecule has 0 saturated heterocycles. The minimum Gasteiger partial charge on any atom is -0.315 e. The van der Waals surface area contributed by atoms with Crippen LogP contribution in [0.3, 0.4) is 0 Å². The van der Waals surface area contributed by atoms with Crippen LogP contribution in [0, 0.1) is 0 Å². The molecule has 0 N–H and O–H groups in total. The number of nitrogens with zero attached hydrogens (tertiary/aromatic N) is 1. The summed E-state index contributed by atoms with van der Waals surface area (Å²) in [6.07, 6.45) is 0. The molecule has 1 aromatic heterocycles. The van der Waals surface area contributed by atoms with Crippen molar-refractivity contribution in [2.45, 2.75) is 19.8 Å². The molecule has 0 aliphatic heterocycles. The molecule has 0 atom stereocenters. The molecule has 14 heavy (non-hydrogen) atoms. The van der Waals surface area contributed by atoms with Crippen LogP contribution in [-0.2, 0) is 7.05 Å². The predicted octanol–water partition coefficient (Wildman–Crippen LogP) is 1.89. The maximum atomic E-state index is 11.6. The summed E-state index contributed by atoms with van der Waals surface area (Å²) in [5, 5.41) is -0.707. The van der Waals surface area contributed by atoms with Gasteiger partial charge in [-0.1, -0.05) is 13.8 Å². The third-order valence-electron chi connectivity index (χ3n) is 2.15. The van der Waals surface area contributed by atoms with Crippen molar-refractivity contribution in [3.8, 4) is 0 Å². The van der Waals surface area contributed by atoms with E-state index in [1.807, 2.05) is 13.8 Å². The molecule has 0 aliphatic carbocycles. The van der Waals surface area contributed by atoms with Crippen LogP contribution in [0.2, 0.25) is 0 Å². The maximum absolute atomic E-state index is 11.6. The van der Waals surface area contributed by atoms with Gasteiger partial charge in [-0.25, -0.2) is 0 Å². The largest absolute Gasteiger partial charge is 0.315 e. The lowest BCUT2D eigenvalue weighted by Crippen LogP contribution is -2.25. The summed E-state index contributed by atoms with van der Waals surface area (Å²) in [6.45, 7) is 3.97. The van der Waals surface area contributed by atoms with Gasteiger partial charge in [-0.15, -0.1) is 0 Å². The Morgan fingerprint density at radius 2 is 2.00 bits per heavy atom. The SMILES string of the molecule is CC(C)c1ccc(C(=O)Cl)c(=O)n1C. The van der Waals surface area contributed by atoms with E-state index in [2.05, 4.69) is 0 Å². The molecule has 0 spiro atoms. The van der Waals surface area contributed by atoms with E-state index in [0.29, 0.717) is 0 Å². The van der Waals surface area contributed by atoms with Gasteiger partial charge in [0.1, 0.15) is 0 Å². The van der Waals surface area contributed by atoms with Crippen LogP contribution < -0.4 is 5.56 Å². The van der Waals surface area contributed by atoms with Gasteiger partial charge in [-0.05, 0) is 29.7 Å². The summed E-state index contributed by atoms with van der Waals surface area (Å²) in [5.41, 5.74) is 0.575. The number of carbonyl (C=O) groups excluding carboxylic acids is 1. The second-order valence-corrected chi connectivity index (χ2v) is 3.81.